The minimum atomic E-state index is -0.549. The number of ether oxygens (including phenoxy) is 1. The molecule has 2 fully saturated rings. The number of likely N-dealkylation sites (tertiary alicyclic amines) is 1. The van der Waals surface area contributed by atoms with E-state index in [9.17, 15) is 9.59 Å². The van der Waals surface area contributed by atoms with E-state index in [1.165, 1.54) is 25.9 Å². The van der Waals surface area contributed by atoms with Crippen LogP contribution in [0.25, 0.3) is 0 Å². The number of nitrogens with zero attached hydrogens (tertiary/aromatic N) is 3. The lowest BCUT2D eigenvalue weighted by Crippen LogP contribution is -2.52. The number of alkyl carbamates (subject to hydrolysis) is 1. The Morgan fingerprint density at radius 2 is 1.64 bits per heavy atom. The lowest BCUT2D eigenvalue weighted by atomic mass is 9.96. The van der Waals surface area contributed by atoms with Crippen LogP contribution < -0.4 is 5.32 Å². The molecule has 7 nitrogen and oxygen atoms in total. The Morgan fingerprint density at radius 1 is 1.04 bits per heavy atom. The fourth-order valence-corrected chi connectivity index (χ4v) is 3.36. The van der Waals surface area contributed by atoms with Crippen LogP contribution in [0.1, 0.15) is 33.6 Å². The summed E-state index contributed by atoms with van der Waals surface area (Å²) in [6.07, 6.45) is 2.01. The van der Waals surface area contributed by atoms with E-state index in [0.717, 1.165) is 38.6 Å². The van der Waals surface area contributed by atoms with Crippen molar-refractivity contribution in [1.82, 2.24) is 20.0 Å². The molecular weight excluding hydrogens is 320 g/mol. The van der Waals surface area contributed by atoms with Gasteiger partial charge in [-0.25, -0.2) is 4.79 Å². The number of hydrogen-bond acceptors (Lipinski definition) is 5. The highest BCUT2D eigenvalue weighted by atomic mass is 16.6. The maximum Gasteiger partial charge on any atom is 0.408 e. The van der Waals surface area contributed by atoms with Crippen molar-refractivity contribution >= 4 is 12.0 Å². The summed E-state index contributed by atoms with van der Waals surface area (Å²) in [6, 6.07) is 0. The Labute approximate surface area is 151 Å². The molecule has 0 aromatic carbocycles. The van der Waals surface area contributed by atoms with E-state index in [-0.39, 0.29) is 12.5 Å². The number of amides is 2. The fourth-order valence-electron chi connectivity index (χ4n) is 3.36. The van der Waals surface area contributed by atoms with Gasteiger partial charge in [0.05, 0.1) is 0 Å². The van der Waals surface area contributed by atoms with Gasteiger partial charge in [0, 0.05) is 32.7 Å². The molecule has 0 unspecified atom stereocenters. The first-order valence-electron chi connectivity index (χ1n) is 9.38. The van der Waals surface area contributed by atoms with Crippen LogP contribution in [-0.2, 0) is 9.53 Å². The van der Waals surface area contributed by atoms with Gasteiger partial charge in [0.25, 0.3) is 0 Å². The molecule has 0 aliphatic carbocycles. The molecule has 0 atom stereocenters. The van der Waals surface area contributed by atoms with Gasteiger partial charge >= 0.3 is 6.09 Å². The predicted octanol–water partition coefficient (Wildman–Crippen LogP) is 0.997. The van der Waals surface area contributed by atoms with E-state index < -0.39 is 11.7 Å². The van der Waals surface area contributed by atoms with E-state index in [1.54, 1.807) is 20.8 Å². The summed E-state index contributed by atoms with van der Waals surface area (Å²) in [7, 11) is 2.19. The van der Waals surface area contributed by atoms with Crippen molar-refractivity contribution in [3.63, 3.8) is 0 Å². The fraction of sp³-hybridized carbons (Fsp3) is 0.889. The second kappa shape index (κ2) is 8.85. The molecule has 2 rings (SSSR count). The molecule has 2 heterocycles. The Bertz CT molecular complexity index is 448. The van der Waals surface area contributed by atoms with Gasteiger partial charge in [-0.15, -0.1) is 0 Å². The van der Waals surface area contributed by atoms with E-state index in [0.29, 0.717) is 0 Å². The van der Waals surface area contributed by atoms with Crippen LogP contribution in [0.15, 0.2) is 0 Å². The molecule has 2 aliphatic heterocycles. The lowest BCUT2D eigenvalue weighted by molar-refractivity contribution is -0.132. The second-order valence-electron chi connectivity index (χ2n) is 8.28. The number of carbonyl (C=O) groups is 2. The highest BCUT2D eigenvalue weighted by Gasteiger charge is 2.25. The molecule has 2 aliphatic rings. The Morgan fingerprint density at radius 3 is 2.20 bits per heavy atom. The molecule has 2 amide bonds. The number of rotatable bonds is 4. The summed E-state index contributed by atoms with van der Waals surface area (Å²) in [4.78, 5) is 30.6. The smallest absolute Gasteiger partial charge is 0.408 e. The third kappa shape index (κ3) is 7.20. The highest BCUT2D eigenvalue weighted by Crippen LogP contribution is 2.18. The van der Waals surface area contributed by atoms with E-state index in [1.807, 2.05) is 4.90 Å². The van der Waals surface area contributed by atoms with E-state index in [2.05, 4.69) is 22.2 Å². The molecule has 25 heavy (non-hydrogen) atoms. The maximum absolute atomic E-state index is 12.2. The van der Waals surface area contributed by atoms with Crippen molar-refractivity contribution in [3.05, 3.63) is 0 Å². The van der Waals surface area contributed by atoms with Crippen molar-refractivity contribution in [3.8, 4) is 0 Å². The van der Waals surface area contributed by atoms with Crippen molar-refractivity contribution in [1.29, 1.82) is 0 Å². The Kier molecular flexibility index (Phi) is 7.07. The average Bonchev–Trinajstić information content (AvgIpc) is 2.54. The number of nitrogens with one attached hydrogen (secondary N) is 1. The quantitative estimate of drug-likeness (QED) is 0.816. The normalized spacial score (nSPS) is 21.2. The highest BCUT2D eigenvalue weighted by molar-refractivity contribution is 5.82. The van der Waals surface area contributed by atoms with Gasteiger partial charge in [-0.2, -0.15) is 0 Å². The second-order valence-corrected chi connectivity index (χ2v) is 8.28. The summed E-state index contributed by atoms with van der Waals surface area (Å²) in [5, 5.41) is 2.55. The first kappa shape index (κ1) is 20.0. The van der Waals surface area contributed by atoms with Crippen LogP contribution in [0.2, 0.25) is 0 Å². The van der Waals surface area contributed by atoms with Crippen LogP contribution in [0.4, 0.5) is 4.79 Å². The molecular formula is C18H34N4O3. The van der Waals surface area contributed by atoms with Gasteiger partial charge in [-0.05, 0) is 59.7 Å². The largest absolute Gasteiger partial charge is 0.444 e. The van der Waals surface area contributed by atoms with Crippen LogP contribution in [0, 0.1) is 5.92 Å². The summed E-state index contributed by atoms with van der Waals surface area (Å²) in [5.41, 5.74) is -0.549. The number of hydrogen-bond donors (Lipinski definition) is 1. The van der Waals surface area contributed by atoms with E-state index >= 15 is 0 Å². The predicted molar refractivity (Wildman–Crippen MR) is 97.5 cm³/mol. The van der Waals surface area contributed by atoms with Crippen LogP contribution in [0.3, 0.4) is 0 Å². The topological polar surface area (TPSA) is 65.1 Å². The Hall–Kier alpha value is -1.34. The van der Waals surface area contributed by atoms with Gasteiger partial charge < -0.3 is 19.9 Å². The number of piperazine rings is 1. The summed E-state index contributed by atoms with van der Waals surface area (Å²) < 4.78 is 5.15. The summed E-state index contributed by atoms with van der Waals surface area (Å²) in [6.45, 7) is 12.3. The SMILES string of the molecule is CN1CCC(CN2CCN(C(=O)CNC(=O)OC(C)(C)C)CC2)CC1. The molecule has 0 spiro atoms. The maximum atomic E-state index is 12.2. The van der Waals surface area contributed by atoms with Gasteiger partial charge in [-0.3, -0.25) is 9.69 Å². The van der Waals surface area contributed by atoms with Gasteiger partial charge in [0.1, 0.15) is 12.1 Å². The lowest BCUT2D eigenvalue weighted by Gasteiger charge is -2.38. The number of carbonyl (C=O) groups excluding carboxylic acids is 2. The van der Waals surface area contributed by atoms with Crippen LogP contribution in [-0.4, -0.2) is 91.7 Å². The molecule has 0 aromatic rings. The summed E-state index contributed by atoms with van der Waals surface area (Å²) in [5.74, 6) is 0.747. The van der Waals surface area contributed by atoms with Gasteiger partial charge in [0.15, 0.2) is 0 Å². The summed E-state index contributed by atoms with van der Waals surface area (Å²) >= 11 is 0. The van der Waals surface area contributed by atoms with Crippen molar-refractivity contribution < 1.29 is 14.3 Å². The van der Waals surface area contributed by atoms with E-state index in [4.69, 9.17) is 4.74 Å². The standard InChI is InChI=1S/C18H34N4O3/c1-18(2,3)25-17(24)19-13-16(23)22-11-9-21(10-12-22)14-15-5-7-20(4)8-6-15/h15H,5-14H2,1-4H3,(H,19,24). The van der Waals surface area contributed by atoms with Crippen molar-refractivity contribution in [2.45, 2.75) is 39.2 Å². The third-order valence-electron chi connectivity index (χ3n) is 4.86. The molecule has 0 bridgehead atoms. The van der Waals surface area contributed by atoms with Crippen LogP contribution in [0.5, 0.6) is 0 Å². The van der Waals surface area contributed by atoms with Gasteiger partial charge in [0.2, 0.25) is 5.91 Å². The molecule has 7 heteroatoms. The zero-order valence-corrected chi connectivity index (χ0v) is 16.2. The van der Waals surface area contributed by atoms with Crippen LogP contribution >= 0.6 is 0 Å². The molecule has 0 radical (unpaired) electrons. The van der Waals surface area contributed by atoms with Crippen molar-refractivity contribution in [2.24, 2.45) is 5.92 Å². The molecule has 0 saturated carbocycles. The molecule has 0 aromatic heterocycles. The molecule has 2 saturated heterocycles. The minimum absolute atomic E-state index is 0.00384. The average molecular weight is 354 g/mol. The monoisotopic (exact) mass is 354 g/mol. The zero-order chi connectivity index (χ0) is 18.4. The first-order chi connectivity index (χ1) is 11.7. The molecule has 1 N–H and O–H groups in total. The first-order valence-corrected chi connectivity index (χ1v) is 9.38. The number of piperidine rings is 1. The molecule has 144 valence electrons. The van der Waals surface area contributed by atoms with Gasteiger partial charge in [-0.1, -0.05) is 0 Å². The zero-order valence-electron chi connectivity index (χ0n) is 16.2. The minimum Gasteiger partial charge on any atom is -0.444 e. The Balaban J connectivity index is 1.64. The third-order valence-corrected chi connectivity index (χ3v) is 4.86. The van der Waals surface area contributed by atoms with Crippen molar-refractivity contribution in [2.75, 3.05) is 59.4 Å².